The standard InChI is InChI=1S/C17H20BNO2S/c1-2-4-15(5-3-1)14-22-17-8-6-16(7-9-17)18-20-12-10-19-11-13-21-18/h1-9,19H,10-14H2. The number of thioether (sulfide) groups is 1. The Bertz CT molecular complexity index is 557. The fourth-order valence-corrected chi connectivity index (χ4v) is 3.16. The Labute approximate surface area is 136 Å². The average molecular weight is 313 g/mol. The average Bonchev–Trinajstić information content (AvgIpc) is 2.54. The van der Waals surface area contributed by atoms with Gasteiger partial charge < -0.3 is 14.6 Å². The molecule has 22 heavy (non-hydrogen) atoms. The molecule has 0 aliphatic carbocycles. The minimum atomic E-state index is -0.240. The molecule has 1 saturated heterocycles. The van der Waals surface area contributed by atoms with Gasteiger partial charge in [-0.05, 0) is 23.2 Å². The van der Waals surface area contributed by atoms with Crippen LogP contribution in [-0.2, 0) is 15.1 Å². The van der Waals surface area contributed by atoms with E-state index in [1.165, 1.54) is 10.5 Å². The highest BCUT2D eigenvalue weighted by molar-refractivity contribution is 7.98. The van der Waals surface area contributed by atoms with E-state index in [2.05, 4.69) is 53.8 Å². The van der Waals surface area contributed by atoms with Crippen molar-refractivity contribution in [1.82, 2.24) is 5.32 Å². The zero-order chi connectivity index (χ0) is 15.0. The Morgan fingerprint density at radius 1 is 0.909 bits per heavy atom. The summed E-state index contributed by atoms with van der Waals surface area (Å²) < 4.78 is 11.5. The maximum absolute atomic E-state index is 5.75. The SMILES string of the molecule is c1ccc(CSc2ccc(B3OCCNCCO3)cc2)cc1. The summed E-state index contributed by atoms with van der Waals surface area (Å²) in [5.74, 6) is 0.988. The smallest absolute Gasteiger partial charge is 0.406 e. The molecule has 1 aliphatic heterocycles. The second kappa shape index (κ2) is 8.39. The Morgan fingerprint density at radius 2 is 1.59 bits per heavy atom. The van der Waals surface area contributed by atoms with Crippen molar-refractivity contribution in [2.75, 3.05) is 26.3 Å². The molecule has 0 saturated carbocycles. The van der Waals surface area contributed by atoms with E-state index in [1.807, 2.05) is 17.8 Å². The molecule has 0 spiro atoms. The molecular formula is C17H20BNO2S. The van der Waals surface area contributed by atoms with Gasteiger partial charge in [-0.1, -0.05) is 42.5 Å². The summed E-state index contributed by atoms with van der Waals surface area (Å²) in [7, 11) is -0.240. The van der Waals surface area contributed by atoms with Gasteiger partial charge in [0.25, 0.3) is 0 Å². The third kappa shape index (κ3) is 4.61. The number of nitrogens with one attached hydrogen (secondary N) is 1. The summed E-state index contributed by atoms with van der Waals surface area (Å²) in [6.07, 6.45) is 0. The lowest BCUT2D eigenvalue weighted by molar-refractivity contribution is 0.187. The van der Waals surface area contributed by atoms with Crippen molar-refractivity contribution in [2.24, 2.45) is 0 Å². The van der Waals surface area contributed by atoms with Gasteiger partial charge in [0.15, 0.2) is 0 Å². The molecule has 1 aliphatic rings. The van der Waals surface area contributed by atoms with E-state index < -0.39 is 0 Å². The molecule has 114 valence electrons. The first kappa shape index (κ1) is 15.6. The van der Waals surface area contributed by atoms with Crippen LogP contribution in [0.4, 0.5) is 0 Å². The summed E-state index contributed by atoms with van der Waals surface area (Å²) >= 11 is 1.84. The molecule has 1 N–H and O–H groups in total. The lowest BCUT2D eigenvalue weighted by Gasteiger charge is -2.18. The molecular weight excluding hydrogens is 293 g/mol. The van der Waals surface area contributed by atoms with E-state index in [0.717, 1.165) is 24.3 Å². The van der Waals surface area contributed by atoms with Crippen molar-refractivity contribution in [2.45, 2.75) is 10.6 Å². The predicted octanol–water partition coefficient (Wildman–Crippen LogP) is 2.31. The molecule has 1 fully saturated rings. The minimum absolute atomic E-state index is 0.240. The monoisotopic (exact) mass is 313 g/mol. The van der Waals surface area contributed by atoms with Gasteiger partial charge in [-0.25, -0.2) is 0 Å². The van der Waals surface area contributed by atoms with E-state index >= 15 is 0 Å². The number of hydrogen-bond acceptors (Lipinski definition) is 4. The zero-order valence-electron chi connectivity index (χ0n) is 12.5. The third-order valence-electron chi connectivity index (χ3n) is 3.50. The maximum Gasteiger partial charge on any atom is 0.493 e. The Hall–Kier alpha value is -1.27. The molecule has 2 aromatic carbocycles. The molecule has 1 heterocycles. The van der Waals surface area contributed by atoms with E-state index in [0.29, 0.717) is 13.2 Å². The van der Waals surface area contributed by atoms with Crippen LogP contribution in [0.15, 0.2) is 59.5 Å². The molecule has 3 rings (SSSR count). The molecule has 0 aromatic heterocycles. The second-order valence-corrected chi connectivity index (χ2v) is 6.22. The van der Waals surface area contributed by atoms with Crippen LogP contribution >= 0.6 is 11.8 Å². The maximum atomic E-state index is 5.75. The van der Waals surface area contributed by atoms with Gasteiger partial charge in [-0.3, -0.25) is 0 Å². The summed E-state index contributed by atoms with van der Waals surface area (Å²) in [4.78, 5) is 1.26. The summed E-state index contributed by atoms with van der Waals surface area (Å²) in [5, 5.41) is 3.25. The van der Waals surface area contributed by atoms with Crippen LogP contribution < -0.4 is 10.8 Å². The van der Waals surface area contributed by atoms with Crippen molar-refractivity contribution in [1.29, 1.82) is 0 Å². The molecule has 0 amide bonds. The third-order valence-corrected chi connectivity index (χ3v) is 4.58. The highest BCUT2D eigenvalue weighted by atomic mass is 32.2. The van der Waals surface area contributed by atoms with Crippen molar-refractivity contribution >= 4 is 24.3 Å². The Kier molecular flexibility index (Phi) is 5.96. The zero-order valence-corrected chi connectivity index (χ0v) is 13.4. The van der Waals surface area contributed by atoms with Crippen LogP contribution in [0.1, 0.15) is 5.56 Å². The van der Waals surface area contributed by atoms with Gasteiger partial charge >= 0.3 is 7.12 Å². The molecule has 0 radical (unpaired) electrons. The van der Waals surface area contributed by atoms with Gasteiger partial charge in [-0.15, -0.1) is 11.8 Å². The fraction of sp³-hybridized carbons (Fsp3) is 0.294. The van der Waals surface area contributed by atoms with Crippen molar-refractivity contribution in [3.8, 4) is 0 Å². The first-order chi connectivity index (χ1) is 10.9. The largest absolute Gasteiger partial charge is 0.493 e. The Balaban J connectivity index is 1.57. The molecule has 3 nitrogen and oxygen atoms in total. The summed E-state index contributed by atoms with van der Waals surface area (Å²) in [6.45, 7) is 3.11. The quantitative estimate of drug-likeness (QED) is 0.693. The summed E-state index contributed by atoms with van der Waals surface area (Å²) in [6, 6.07) is 19.0. The molecule has 0 bridgehead atoms. The van der Waals surface area contributed by atoms with Crippen LogP contribution in [0.3, 0.4) is 0 Å². The molecule has 0 atom stereocenters. The highest BCUT2D eigenvalue weighted by Crippen LogP contribution is 2.21. The highest BCUT2D eigenvalue weighted by Gasteiger charge is 2.22. The Morgan fingerprint density at radius 3 is 2.27 bits per heavy atom. The summed E-state index contributed by atoms with van der Waals surface area (Å²) in [5.41, 5.74) is 2.43. The van der Waals surface area contributed by atoms with E-state index in [9.17, 15) is 0 Å². The van der Waals surface area contributed by atoms with Gasteiger partial charge in [0.05, 0.1) is 0 Å². The van der Waals surface area contributed by atoms with Crippen LogP contribution in [0.5, 0.6) is 0 Å². The minimum Gasteiger partial charge on any atom is -0.406 e. The number of benzene rings is 2. The fourth-order valence-electron chi connectivity index (χ4n) is 2.30. The first-order valence-electron chi connectivity index (χ1n) is 7.62. The lowest BCUT2D eigenvalue weighted by atomic mass is 9.79. The molecule has 2 aromatic rings. The van der Waals surface area contributed by atoms with Gasteiger partial charge in [0.1, 0.15) is 0 Å². The molecule has 5 heteroatoms. The number of hydrogen-bond donors (Lipinski definition) is 1. The van der Waals surface area contributed by atoms with Crippen molar-refractivity contribution < 1.29 is 9.31 Å². The normalized spacial score (nSPS) is 16.1. The van der Waals surface area contributed by atoms with Crippen LogP contribution in [-0.4, -0.2) is 33.4 Å². The second-order valence-electron chi connectivity index (χ2n) is 5.17. The topological polar surface area (TPSA) is 30.5 Å². The predicted molar refractivity (Wildman–Crippen MR) is 92.6 cm³/mol. The first-order valence-corrected chi connectivity index (χ1v) is 8.61. The van der Waals surface area contributed by atoms with Crippen LogP contribution in [0.2, 0.25) is 0 Å². The van der Waals surface area contributed by atoms with Crippen molar-refractivity contribution in [3.63, 3.8) is 0 Å². The number of rotatable bonds is 4. The van der Waals surface area contributed by atoms with E-state index in [4.69, 9.17) is 9.31 Å². The van der Waals surface area contributed by atoms with Gasteiger partial charge in [0.2, 0.25) is 0 Å². The van der Waals surface area contributed by atoms with Crippen LogP contribution in [0, 0.1) is 0 Å². The van der Waals surface area contributed by atoms with E-state index in [1.54, 1.807) is 0 Å². The van der Waals surface area contributed by atoms with Gasteiger partial charge in [-0.2, -0.15) is 0 Å². The molecule has 0 unspecified atom stereocenters. The van der Waals surface area contributed by atoms with Gasteiger partial charge in [0, 0.05) is 37.0 Å². The van der Waals surface area contributed by atoms with E-state index in [-0.39, 0.29) is 7.12 Å². The van der Waals surface area contributed by atoms with Crippen molar-refractivity contribution in [3.05, 3.63) is 60.2 Å². The lowest BCUT2D eigenvalue weighted by Crippen LogP contribution is -2.43. The van der Waals surface area contributed by atoms with Crippen LogP contribution in [0.25, 0.3) is 0 Å².